The molecule has 3 rings (SSSR count). The average molecular weight is 272 g/mol. The number of likely N-dealkylation sites (N-methyl/N-ethyl adjacent to an activating group) is 1. The molecule has 0 bridgehead atoms. The van der Waals surface area contributed by atoms with Crippen molar-refractivity contribution in [3.8, 4) is 0 Å². The topological polar surface area (TPSA) is 63.8 Å². The SMILES string of the molecule is CCNC1CCCC1c1nc(Cc2ccccn2)no1. The number of pyridine rings is 1. The van der Waals surface area contributed by atoms with Gasteiger partial charge in [0.05, 0.1) is 12.3 Å². The summed E-state index contributed by atoms with van der Waals surface area (Å²) < 4.78 is 5.47. The molecule has 0 aromatic carbocycles. The molecule has 0 aliphatic heterocycles. The number of aromatic nitrogens is 3. The fourth-order valence-electron chi connectivity index (χ4n) is 2.92. The summed E-state index contributed by atoms with van der Waals surface area (Å²) in [5.74, 6) is 1.86. The largest absolute Gasteiger partial charge is 0.339 e. The first-order chi connectivity index (χ1) is 9.86. The molecule has 1 saturated carbocycles. The summed E-state index contributed by atoms with van der Waals surface area (Å²) in [6.07, 6.45) is 5.96. The molecule has 0 radical (unpaired) electrons. The van der Waals surface area contributed by atoms with Crippen LogP contribution in [0, 0.1) is 0 Å². The highest BCUT2D eigenvalue weighted by Gasteiger charge is 2.32. The molecule has 0 amide bonds. The van der Waals surface area contributed by atoms with E-state index in [0.717, 1.165) is 30.4 Å². The van der Waals surface area contributed by atoms with Crippen molar-refractivity contribution in [1.82, 2.24) is 20.4 Å². The molecule has 1 fully saturated rings. The molecular weight excluding hydrogens is 252 g/mol. The van der Waals surface area contributed by atoms with Crippen LogP contribution in [0.5, 0.6) is 0 Å². The average Bonchev–Trinajstić information content (AvgIpc) is 3.09. The van der Waals surface area contributed by atoms with E-state index in [0.29, 0.717) is 18.4 Å². The molecule has 20 heavy (non-hydrogen) atoms. The maximum atomic E-state index is 5.47. The van der Waals surface area contributed by atoms with Crippen LogP contribution in [0.4, 0.5) is 0 Å². The highest BCUT2D eigenvalue weighted by atomic mass is 16.5. The van der Waals surface area contributed by atoms with Gasteiger partial charge in [-0.1, -0.05) is 24.6 Å². The zero-order chi connectivity index (χ0) is 13.8. The third kappa shape index (κ3) is 2.88. The van der Waals surface area contributed by atoms with E-state index in [4.69, 9.17) is 4.52 Å². The van der Waals surface area contributed by atoms with Crippen molar-refractivity contribution in [3.63, 3.8) is 0 Å². The summed E-state index contributed by atoms with van der Waals surface area (Å²) in [5, 5.41) is 7.61. The lowest BCUT2D eigenvalue weighted by atomic mass is 10.0. The van der Waals surface area contributed by atoms with Crippen LogP contribution in [0.15, 0.2) is 28.9 Å². The van der Waals surface area contributed by atoms with E-state index in [1.165, 1.54) is 12.8 Å². The van der Waals surface area contributed by atoms with Gasteiger partial charge in [0.2, 0.25) is 5.89 Å². The van der Waals surface area contributed by atoms with Crippen LogP contribution in [0.1, 0.15) is 49.5 Å². The van der Waals surface area contributed by atoms with E-state index in [2.05, 4.69) is 27.4 Å². The Labute approximate surface area is 118 Å². The van der Waals surface area contributed by atoms with E-state index in [-0.39, 0.29) is 0 Å². The van der Waals surface area contributed by atoms with E-state index < -0.39 is 0 Å². The maximum Gasteiger partial charge on any atom is 0.231 e. The second-order valence-electron chi connectivity index (χ2n) is 5.25. The molecule has 2 atom stereocenters. The van der Waals surface area contributed by atoms with Gasteiger partial charge >= 0.3 is 0 Å². The van der Waals surface area contributed by atoms with Crippen LogP contribution >= 0.6 is 0 Å². The van der Waals surface area contributed by atoms with Gasteiger partial charge in [0.1, 0.15) is 0 Å². The van der Waals surface area contributed by atoms with Gasteiger partial charge in [-0.2, -0.15) is 4.98 Å². The van der Waals surface area contributed by atoms with Crippen LogP contribution in [0.25, 0.3) is 0 Å². The number of hydrogen-bond donors (Lipinski definition) is 1. The normalized spacial score (nSPS) is 22.2. The molecule has 2 heterocycles. The number of nitrogens with one attached hydrogen (secondary N) is 1. The van der Waals surface area contributed by atoms with Gasteiger partial charge in [-0.15, -0.1) is 0 Å². The Balaban J connectivity index is 1.70. The summed E-state index contributed by atoms with van der Waals surface area (Å²) in [6, 6.07) is 6.34. The Hall–Kier alpha value is -1.75. The Morgan fingerprint density at radius 1 is 1.35 bits per heavy atom. The summed E-state index contributed by atoms with van der Waals surface area (Å²) in [5.41, 5.74) is 0.967. The van der Waals surface area contributed by atoms with E-state index in [9.17, 15) is 0 Å². The Morgan fingerprint density at radius 2 is 2.30 bits per heavy atom. The summed E-state index contributed by atoms with van der Waals surface area (Å²) in [4.78, 5) is 8.85. The Morgan fingerprint density at radius 3 is 3.10 bits per heavy atom. The van der Waals surface area contributed by atoms with Crippen LogP contribution in [0.3, 0.4) is 0 Å². The second-order valence-corrected chi connectivity index (χ2v) is 5.25. The van der Waals surface area contributed by atoms with Crippen molar-refractivity contribution in [2.24, 2.45) is 0 Å². The third-order valence-corrected chi connectivity index (χ3v) is 3.85. The van der Waals surface area contributed by atoms with Crippen LogP contribution in [-0.2, 0) is 6.42 Å². The standard InChI is InChI=1S/C15H20N4O/c1-2-16-13-8-5-7-12(13)15-18-14(19-20-15)10-11-6-3-4-9-17-11/h3-4,6,9,12-13,16H,2,5,7-8,10H2,1H3. The predicted molar refractivity (Wildman–Crippen MR) is 75.4 cm³/mol. The number of hydrogen-bond acceptors (Lipinski definition) is 5. The zero-order valence-electron chi connectivity index (χ0n) is 11.7. The molecule has 2 unspecified atom stereocenters. The van der Waals surface area contributed by atoms with Gasteiger partial charge in [-0.3, -0.25) is 4.98 Å². The van der Waals surface area contributed by atoms with Gasteiger partial charge < -0.3 is 9.84 Å². The fourth-order valence-corrected chi connectivity index (χ4v) is 2.92. The molecule has 1 aliphatic carbocycles. The fraction of sp³-hybridized carbons (Fsp3) is 0.533. The van der Waals surface area contributed by atoms with Crippen molar-refractivity contribution in [1.29, 1.82) is 0 Å². The maximum absolute atomic E-state index is 5.47. The summed E-state index contributed by atoms with van der Waals surface area (Å²) in [7, 11) is 0. The van der Waals surface area contributed by atoms with Gasteiger partial charge in [0, 0.05) is 17.9 Å². The molecular formula is C15H20N4O. The molecule has 2 aromatic heterocycles. The monoisotopic (exact) mass is 272 g/mol. The quantitative estimate of drug-likeness (QED) is 0.904. The molecule has 0 saturated heterocycles. The first-order valence-electron chi connectivity index (χ1n) is 7.32. The van der Waals surface area contributed by atoms with Crippen molar-refractivity contribution in [2.75, 3.05) is 6.54 Å². The lowest BCUT2D eigenvalue weighted by Gasteiger charge is -2.16. The highest BCUT2D eigenvalue weighted by Crippen LogP contribution is 2.33. The minimum atomic E-state index is 0.361. The van der Waals surface area contributed by atoms with E-state index >= 15 is 0 Å². The zero-order valence-corrected chi connectivity index (χ0v) is 11.7. The second kappa shape index (κ2) is 6.13. The minimum absolute atomic E-state index is 0.361. The molecule has 5 nitrogen and oxygen atoms in total. The molecule has 5 heteroatoms. The lowest BCUT2D eigenvalue weighted by molar-refractivity contribution is 0.329. The molecule has 2 aromatic rings. The molecule has 1 aliphatic rings. The van der Waals surface area contributed by atoms with Crippen LogP contribution in [-0.4, -0.2) is 27.7 Å². The Bertz CT molecular complexity index is 540. The van der Waals surface area contributed by atoms with Crippen molar-refractivity contribution >= 4 is 0 Å². The third-order valence-electron chi connectivity index (χ3n) is 3.85. The highest BCUT2D eigenvalue weighted by molar-refractivity contribution is 5.10. The van der Waals surface area contributed by atoms with Gasteiger partial charge in [-0.05, 0) is 31.5 Å². The predicted octanol–water partition coefficient (Wildman–Crippen LogP) is 2.30. The summed E-state index contributed by atoms with van der Waals surface area (Å²) >= 11 is 0. The first kappa shape index (κ1) is 13.2. The first-order valence-corrected chi connectivity index (χ1v) is 7.32. The molecule has 1 N–H and O–H groups in total. The van der Waals surface area contributed by atoms with Crippen LogP contribution < -0.4 is 5.32 Å². The van der Waals surface area contributed by atoms with Crippen LogP contribution in [0.2, 0.25) is 0 Å². The van der Waals surface area contributed by atoms with Gasteiger partial charge in [-0.25, -0.2) is 0 Å². The number of rotatable bonds is 5. The van der Waals surface area contributed by atoms with E-state index in [1.807, 2.05) is 18.2 Å². The number of nitrogens with zero attached hydrogens (tertiary/aromatic N) is 3. The van der Waals surface area contributed by atoms with E-state index in [1.54, 1.807) is 6.20 Å². The van der Waals surface area contributed by atoms with Crippen molar-refractivity contribution in [2.45, 2.75) is 44.6 Å². The van der Waals surface area contributed by atoms with Gasteiger partial charge in [0.15, 0.2) is 5.82 Å². The summed E-state index contributed by atoms with van der Waals surface area (Å²) in [6.45, 7) is 3.12. The Kier molecular flexibility index (Phi) is 4.06. The smallest absolute Gasteiger partial charge is 0.231 e. The van der Waals surface area contributed by atoms with Gasteiger partial charge in [0.25, 0.3) is 0 Å². The lowest BCUT2D eigenvalue weighted by Crippen LogP contribution is -2.31. The van der Waals surface area contributed by atoms with Crippen molar-refractivity contribution in [3.05, 3.63) is 41.8 Å². The molecule has 106 valence electrons. The molecule has 0 spiro atoms. The van der Waals surface area contributed by atoms with Crippen molar-refractivity contribution < 1.29 is 4.52 Å². The minimum Gasteiger partial charge on any atom is -0.339 e.